The van der Waals surface area contributed by atoms with E-state index in [1.807, 2.05) is 0 Å². The van der Waals surface area contributed by atoms with Crippen LogP contribution in [-0.4, -0.2) is 79.8 Å². The van der Waals surface area contributed by atoms with Crippen molar-refractivity contribution >= 4 is 42.3 Å². The maximum absolute atomic E-state index is 14.1. The molecule has 0 amide bonds. The second-order valence-electron chi connectivity index (χ2n) is 10.2. The first-order chi connectivity index (χ1) is 19.4. The average molecular weight is 612 g/mol. The molecular formula is C24H31ClN7O8P. The lowest BCUT2D eigenvalue weighted by Gasteiger charge is -2.41. The van der Waals surface area contributed by atoms with Gasteiger partial charge in [0.15, 0.2) is 23.2 Å². The van der Waals surface area contributed by atoms with Gasteiger partial charge in [-0.25, -0.2) is 25.4 Å². The molecule has 5 rings (SSSR count). The number of hydrogen-bond donors (Lipinski definition) is 4. The van der Waals surface area contributed by atoms with Gasteiger partial charge in [-0.2, -0.15) is 5.09 Å². The normalized spacial score (nSPS) is 26.8. The zero-order chi connectivity index (χ0) is 29.6. The molecule has 1 aromatic carbocycles. The summed E-state index contributed by atoms with van der Waals surface area (Å²) in [5, 5.41) is 26.8. The van der Waals surface area contributed by atoms with Gasteiger partial charge in [0.2, 0.25) is 0 Å². The highest BCUT2D eigenvalue weighted by Crippen LogP contribution is 2.51. The number of carbonyl (C=O) groups excluding carboxylic acids is 1. The van der Waals surface area contributed by atoms with Gasteiger partial charge in [0.1, 0.15) is 35.4 Å². The largest absolute Gasteiger partial charge is 0.468 e. The number of rotatable bonds is 10. The van der Waals surface area contributed by atoms with Gasteiger partial charge in [-0.3, -0.25) is 18.9 Å². The molecule has 2 aliphatic rings. The number of anilines is 1. The monoisotopic (exact) mass is 611 g/mol. The first-order valence-corrected chi connectivity index (χ1v) is 14.6. The number of benzene rings is 1. The number of hydrazine groups is 1. The van der Waals surface area contributed by atoms with Crippen molar-refractivity contribution in [2.75, 3.05) is 25.8 Å². The number of hydrogen-bond acceptors (Lipinski definition) is 13. The number of aliphatic hydroxyl groups is 2. The fourth-order valence-corrected chi connectivity index (χ4v) is 6.75. The van der Waals surface area contributed by atoms with E-state index in [-0.39, 0.29) is 5.75 Å². The van der Waals surface area contributed by atoms with E-state index in [9.17, 15) is 19.6 Å². The van der Waals surface area contributed by atoms with Gasteiger partial charge < -0.3 is 24.2 Å². The molecule has 3 aromatic rings. The Morgan fingerprint density at radius 1 is 1.32 bits per heavy atom. The summed E-state index contributed by atoms with van der Waals surface area (Å²) in [6, 6.07) is 6.07. The molecule has 1 saturated carbocycles. The number of aromatic nitrogens is 4. The van der Waals surface area contributed by atoms with Gasteiger partial charge in [0, 0.05) is 12.1 Å². The Kier molecular flexibility index (Phi) is 8.00. The third-order valence-corrected chi connectivity index (χ3v) is 9.16. The minimum Gasteiger partial charge on any atom is -0.468 e. The minimum absolute atomic E-state index is 0.160. The zero-order valence-electron chi connectivity index (χ0n) is 22.5. The second kappa shape index (κ2) is 11.1. The van der Waals surface area contributed by atoms with Crippen LogP contribution < -0.4 is 20.5 Å². The van der Waals surface area contributed by atoms with Crippen LogP contribution in [0.15, 0.2) is 36.9 Å². The highest BCUT2D eigenvalue weighted by Gasteiger charge is 2.55. The van der Waals surface area contributed by atoms with Crippen molar-refractivity contribution in [3.8, 4) is 5.75 Å². The number of aliphatic hydroxyl groups excluding tert-OH is 1. The quantitative estimate of drug-likeness (QED) is 0.112. The fourth-order valence-electron chi connectivity index (χ4n) is 4.88. The Labute approximate surface area is 240 Å². The van der Waals surface area contributed by atoms with Crippen LogP contribution in [0, 0.1) is 0 Å². The van der Waals surface area contributed by atoms with Crippen molar-refractivity contribution in [3.05, 3.63) is 41.9 Å². The van der Waals surface area contributed by atoms with Crippen molar-refractivity contribution < 1.29 is 38.1 Å². The maximum atomic E-state index is 14.1. The van der Waals surface area contributed by atoms with Crippen LogP contribution in [0.2, 0.25) is 5.02 Å². The number of esters is 1. The van der Waals surface area contributed by atoms with Crippen LogP contribution in [0.1, 0.15) is 32.4 Å². The Bertz CT molecular complexity index is 1470. The Morgan fingerprint density at radius 2 is 2.02 bits per heavy atom. The van der Waals surface area contributed by atoms with E-state index in [0.717, 1.165) is 0 Å². The topological polar surface area (TPSA) is 196 Å². The number of fused-ring (bicyclic) bond motifs is 1. The summed E-state index contributed by atoms with van der Waals surface area (Å²) in [6.45, 7) is 0.898. The van der Waals surface area contributed by atoms with Crippen LogP contribution in [0.4, 0.5) is 5.82 Å². The fraction of sp³-hybridized carbons (Fsp3) is 0.500. The summed E-state index contributed by atoms with van der Waals surface area (Å²) in [4.78, 5) is 25.2. The number of nitrogens with zero attached hydrogens (tertiary/aromatic N) is 5. The summed E-state index contributed by atoms with van der Waals surface area (Å²) in [7, 11) is -1.47. The predicted molar refractivity (Wildman–Crippen MR) is 146 cm³/mol. The Hall–Kier alpha value is -2.88. The molecule has 5 atom stereocenters. The molecule has 3 unspecified atom stereocenters. The second-order valence-corrected chi connectivity index (χ2v) is 12.3. The maximum Gasteiger partial charge on any atom is 0.459 e. The van der Waals surface area contributed by atoms with Gasteiger partial charge in [-0.05, 0) is 50.5 Å². The summed E-state index contributed by atoms with van der Waals surface area (Å²) in [5.41, 5.74) is -2.47. The van der Waals surface area contributed by atoms with E-state index in [1.54, 1.807) is 19.2 Å². The number of ether oxygens (including phenoxy) is 2. The highest BCUT2D eigenvalue weighted by atomic mass is 35.5. The minimum atomic E-state index is -4.29. The van der Waals surface area contributed by atoms with Gasteiger partial charge in [0.25, 0.3) is 0 Å². The summed E-state index contributed by atoms with van der Waals surface area (Å²) < 4.78 is 37.9. The number of nitrogens with one attached hydrogen (secondary N) is 1. The van der Waals surface area contributed by atoms with Crippen LogP contribution in [0.5, 0.6) is 5.75 Å². The number of carbonyl (C=O) groups is 1. The number of methoxy groups -OCH3 is 1. The number of halogens is 1. The summed E-state index contributed by atoms with van der Waals surface area (Å²) >= 11 is 5.96. The Morgan fingerprint density at radius 3 is 2.63 bits per heavy atom. The summed E-state index contributed by atoms with van der Waals surface area (Å²) in [5.74, 6) is 5.74. The standard InChI is InChI=1S/C24H31ClN7O8P/c1-23(35)18(33)16(39-21(23)32-13-29-17-19(31(2)26)27-12-28-20(17)32)11-38-41(36,40-15-7-5-14(25)6-8-15)30-24(9-4-10-24)22(34)37-3/h5-8,12-13,16,18,21,33,35H,4,9-11,26H2,1-3H3,(H,30,36)/t16?,18-,21?,23-,41?/m1/s1. The van der Waals surface area contributed by atoms with E-state index < -0.39 is 49.9 Å². The van der Waals surface area contributed by atoms with Gasteiger partial charge >= 0.3 is 13.7 Å². The molecule has 1 aliphatic heterocycles. The van der Waals surface area contributed by atoms with E-state index in [4.69, 9.17) is 36.0 Å². The van der Waals surface area contributed by atoms with Crippen LogP contribution >= 0.6 is 19.3 Å². The van der Waals surface area contributed by atoms with Crippen LogP contribution in [0.25, 0.3) is 11.2 Å². The SMILES string of the molecule is COC(=O)C1(NP(=O)(OCC2OC(n3cnc4c(N(C)N)ncnc43)[C@](C)(O)[C@@H]2O)Oc2ccc(Cl)cc2)CCC1. The van der Waals surface area contributed by atoms with Crippen molar-refractivity contribution in [1.29, 1.82) is 0 Å². The third kappa shape index (κ3) is 5.51. The molecule has 2 fully saturated rings. The van der Waals surface area contributed by atoms with Crippen LogP contribution in [0.3, 0.4) is 0 Å². The molecule has 0 radical (unpaired) electrons. The molecule has 1 aliphatic carbocycles. The Balaban J connectivity index is 1.39. The molecule has 0 bridgehead atoms. The van der Waals surface area contributed by atoms with Crippen molar-refractivity contribution in [1.82, 2.24) is 24.6 Å². The lowest BCUT2D eigenvalue weighted by molar-refractivity contribution is -0.151. The molecule has 3 heterocycles. The van der Waals surface area contributed by atoms with Crippen LogP contribution in [-0.2, 0) is 23.4 Å². The molecule has 15 nitrogen and oxygen atoms in total. The molecule has 1 saturated heterocycles. The first-order valence-electron chi connectivity index (χ1n) is 12.7. The number of nitrogens with two attached hydrogens (primary N) is 1. The molecule has 41 heavy (non-hydrogen) atoms. The van der Waals surface area contributed by atoms with E-state index in [0.29, 0.717) is 41.3 Å². The molecular weight excluding hydrogens is 581 g/mol. The van der Waals surface area contributed by atoms with Gasteiger partial charge in [-0.15, -0.1) is 0 Å². The molecule has 17 heteroatoms. The smallest absolute Gasteiger partial charge is 0.459 e. The lowest BCUT2D eigenvalue weighted by Crippen LogP contribution is -2.57. The summed E-state index contributed by atoms with van der Waals surface area (Å²) in [6.07, 6.45) is 0.234. The van der Waals surface area contributed by atoms with Gasteiger partial charge in [0.05, 0.1) is 20.0 Å². The third-order valence-electron chi connectivity index (χ3n) is 7.26. The molecule has 222 valence electrons. The molecule has 5 N–H and O–H groups in total. The lowest BCUT2D eigenvalue weighted by atomic mass is 9.78. The van der Waals surface area contributed by atoms with Crippen molar-refractivity contribution in [2.45, 2.75) is 55.8 Å². The van der Waals surface area contributed by atoms with E-state index in [2.05, 4.69) is 20.0 Å². The van der Waals surface area contributed by atoms with E-state index in [1.165, 1.54) is 48.4 Å². The number of imidazole rings is 1. The van der Waals surface area contributed by atoms with Crippen molar-refractivity contribution in [3.63, 3.8) is 0 Å². The highest BCUT2D eigenvalue weighted by molar-refractivity contribution is 7.52. The first kappa shape index (κ1) is 29.6. The van der Waals surface area contributed by atoms with E-state index >= 15 is 0 Å². The average Bonchev–Trinajstić information content (AvgIpc) is 3.44. The zero-order valence-corrected chi connectivity index (χ0v) is 24.2. The van der Waals surface area contributed by atoms with Crippen molar-refractivity contribution in [2.24, 2.45) is 5.84 Å². The predicted octanol–water partition coefficient (Wildman–Crippen LogP) is 1.69. The molecule has 2 aromatic heterocycles. The van der Waals surface area contributed by atoms with Gasteiger partial charge in [-0.1, -0.05) is 11.6 Å². The molecule has 0 spiro atoms.